The first-order valence-electron chi connectivity index (χ1n) is 8.32. The van der Waals surface area contributed by atoms with Gasteiger partial charge in [-0.15, -0.1) is 24.2 Å². The molecular weight excluding hydrogens is 398 g/mol. The molecule has 2 aliphatic rings. The molecular formula is C16H24ClN3O4S2. The van der Waals surface area contributed by atoms with Crippen LogP contribution in [0.3, 0.4) is 0 Å². The summed E-state index contributed by atoms with van der Waals surface area (Å²) in [7, 11) is -2.20. The molecule has 1 aromatic carbocycles. The van der Waals surface area contributed by atoms with E-state index < -0.39 is 10.0 Å². The van der Waals surface area contributed by atoms with Gasteiger partial charge in [0.2, 0.25) is 15.9 Å². The third-order valence-electron chi connectivity index (χ3n) is 4.40. The molecule has 3 rings (SSSR count). The van der Waals surface area contributed by atoms with Crippen molar-refractivity contribution in [2.45, 2.75) is 30.2 Å². The van der Waals surface area contributed by atoms with Crippen molar-refractivity contribution in [3.05, 3.63) is 18.2 Å². The molecule has 2 aliphatic heterocycles. The van der Waals surface area contributed by atoms with E-state index in [2.05, 4.69) is 10.6 Å². The van der Waals surface area contributed by atoms with Crippen molar-refractivity contribution in [2.24, 2.45) is 0 Å². The van der Waals surface area contributed by atoms with Gasteiger partial charge in [-0.25, -0.2) is 8.42 Å². The van der Waals surface area contributed by atoms with Gasteiger partial charge >= 0.3 is 0 Å². The van der Waals surface area contributed by atoms with Crippen molar-refractivity contribution in [2.75, 3.05) is 37.1 Å². The predicted octanol–water partition coefficient (Wildman–Crippen LogP) is 1.89. The summed E-state index contributed by atoms with van der Waals surface area (Å²) in [5.41, 5.74) is 0.458. The van der Waals surface area contributed by atoms with E-state index in [4.69, 9.17) is 4.74 Å². The number of hydrogen-bond donors (Lipinski definition) is 2. The average molecular weight is 422 g/mol. The van der Waals surface area contributed by atoms with Gasteiger partial charge < -0.3 is 10.1 Å². The molecule has 146 valence electrons. The Hall–Kier alpha value is -1.00. The Morgan fingerprint density at radius 1 is 1.31 bits per heavy atom. The zero-order chi connectivity index (χ0) is 17.9. The van der Waals surface area contributed by atoms with Gasteiger partial charge in [0.25, 0.3) is 0 Å². The minimum atomic E-state index is -3.64. The fraction of sp³-hybridized carbons (Fsp3) is 0.562. The van der Waals surface area contributed by atoms with Crippen LogP contribution in [0.5, 0.6) is 5.75 Å². The number of hydrogen-bond acceptors (Lipinski definition) is 6. The van der Waals surface area contributed by atoms with Gasteiger partial charge in [0.15, 0.2) is 0 Å². The zero-order valence-electron chi connectivity index (χ0n) is 14.6. The Labute approximate surface area is 164 Å². The summed E-state index contributed by atoms with van der Waals surface area (Å²) in [5.74, 6) is 1.59. The number of methoxy groups -OCH3 is 1. The van der Waals surface area contributed by atoms with Gasteiger partial charge in [0, 0.05) is 30.4 Å². The lowest BCUT2D eigenvalue weighted by Crippen LogP contribution is -2.37. The normalized spacial score (nSPS) is 21.0. The number of nitrogens with zero attached hydrogens (tertiary/aromatic N) is 1. The summed E-state index contributed by atoms with van der Waals surface area (Å²) in [4.78, 5) is 12.4. The van der Waals surface area contributed by atoms with Crippen LogP contribution in [0.2, 0.25) is 0 Å². The quantitative estimate of drug-likeness (QED) is 0.754. The summed E-state index contributed by atoms with van der Waals surface area (Å²) in [6.45, 7) is 1.04. The van der Waals surface area contributed by atoms with E-state index in [0.717, 1.165) is 25.1 Å². The molecule has 2 heterocycles. The van der Waals surface area contributed by atoms with Crippen molar-refractivity contribution in [3.63, 3.8) is 0 Å². The SMILES string of the molecule is COc1ccc(NC(=O)C2CSCN2)cc1S(=O)(=O)N1CCCCC1.Cl. The summed E-state index contributed by atoms with van der Waals surface area (Å²) >= 11 is 1.66. The van der Waals surface area contributed by atoms with Gasteiger partial charge in [-0.3, -0.25) is 10.1 Å². The maximum Gasteiger partial charge on any atom is 0.246 e. The Bertz CT molecular complexity index is 733. The van der Waals surface area contributed by atoms with E-state index in [1.807, 2.05) is 0 Å². The Morgan fingerprint density at radius 3 is 2.65 bits per heavy atom. The molecule has 0 aliphatic carbocycles. The molecule has 1 atom stereocenters. The number of thioether (sulfide) groups is 1. The third-order valence-corrected chi connectivity index (χ3v) is 7.26. The van der Waals surface area contributed by atoms with Crippen LogP contribution in [0.1, 0.15) is 19.3 Å². The molecule has 1 aromatic rings. The minimum Gasteiger partial charge on any atom is -0.495 e. The molecule has 0 saturated carbocycles. The Balaban J connectivity index is 0.00000243. The molecule has 1 amide bonds. The summed E-state index contributed by atoms with van der Waals surface area (Å²) in [6, 6.07) is 4.48. The largest absolute Gasteiger partial charge is 0.495 e. The zero-order valence-corrected chi connectivity index (χ0v) is 17.0. The number of benzene rings is 1. The number of carbonyl (C=O) groups is 1. The number of ether oxygens (including phenoxy) is 1. The van der Waals surface area contributed by atoms with Gasteiger partial charge in [0.05, 0.1) is 13.2 Å². The van der Waals surface area contributed by atoms with Gasteiger partial charge in [-0.1, -0.05) is 6.42 Å². The standard InChI is InChI=1S/C16H23N3O4S2.ClH/c1-23-14-6-5-12(18-16(20)13-10-24-11-17-13)9-15(14)25(21,22)19-7-3-2-4-8-19;/h5-6,9,13,17H,2-4,7-8,10-11H2,1H3,(H,18,20);1H. The van der Waals surface area contributed by atoms with Gasteiger partial charge in [-0.2, -0.15) is 4.31 Å². The molecule has 0 radical (unpaired) electrons. The Morgan fingerprint density at radius 2 is 2.04 bits per heavy atom. The highest BCUT2D eigenvalue weighted by Gasteiger charge is 2.30. The van der Waals surface area contributed by atoms with Gasteiger partial charge in [-0.05, 0) is 31.0 Å². The van der Waals surface area contributed by atoms with E-state index >= 15 is 0 Å². The van der Waals surface area contributed by atoms with Crippen molar-refractivity contribution < 1.29 is 17.9 Å². The average Bonchev–Trinajstić information content (AvgIpc) is 3.17. The topological polar surface area (TPSA) is 87.7 Å². The maximum absolute atomic E-state index is 13.0. The first-order chi connectivity index (χ1) is 12.0. The van der Waals surface area contributed by atoms with E-state index in [1.54, 1.807) is 23.9 Å². The fourth-order valence-electron chi connectivity index (χ4n) is 2.99. The number of sulfonamides is 1. The van der Waals surface area contributed by atoms with E-state index in [9.17, 15) is 13.2 Å². The lowest BCUT2D eigenvalue weighted by molar-refractivity contribution is -0.117. The smallest absolute Gasteiger partial charge is 0.246 e. The Kier molecular flexibility index (Phi) is 7.60. The molecule has 10 heteroatoms. The number of rotatable bonds is 5. The van der Waals surface area contributed by atoms with Crippen LogP contribution in [0.25, 0.3) is 0 Å². The third kappa shape index (κ3) is 4.64. The second kappa shape index (κ2) is 9.27. The fourth-order valence-corrected chi connectivity index (χ4v) is 5.63. The predicted molar refractivity (Wildman–Crippen MR) is 106 cm³/mol. The first kappa shape index (κ1) is 21.3. The van der Waals surface area contributed by atoms with E-state index in [1.165, 1.54) is 17.5 Å². The number of nitrogens with one attached hydrogen (secondary N) is 2. The number of carbonyl (C=O) groups excluding carboxylic acids is 1. The second-order valence-electron chi connectivity index (χ2n) is 6.09. The number of halogens is 1. The van der Waals surface area contributed by atoms with Crippen LogP contribution in [0.4, 0.5) is 5.69 Å². The van der Waals surface area contributed by atoms with Crippen LogP contribution < -0.4 is 15.4 Å². The molecule has 1 unspecified atom stereocenters. The van der Waals surface area contributed by atoms with Crippen molar-refractivity contribution in [3.8, 4) is 5.75 Å². The lowest BCUT2D eigenvalue weighted by Gasteiger charge is -2.26. The van der Waals surface area contributed by atoms with Crippen molar-refractivity contribution in [1.29, 1.82) is 0 Å². The molecule has 0 aromatic heterocycles. The highest BCUT2D eigenvalue weighted by atomic mass is 35.5. The number of amides is 1. The second-order valence-corrected chi connectivity index (χ2v) is 9.03. The van der Waals surface area contributed by atoms with Crippen LogP contribution in [-0.4, -0.2) is 56.5 Å². The molecule has 0 spiro atoms. The highest BCUT2D eigenvalue weighted by Crippen LogP contribution is 2.31. The monoisotopic (exact) mass is 421 g/mol. The summed E-state index contributed by atoms with van der Waals surface area (Å²) in [5, 5.41) is 5.89. The highest BCUT2D eigenvalue weighted by molar-refractivity contribution is 7.99. The lowest BCUT2D eigenvalue weighted by atomic mass is 10.2. The first-order valence-corrected chi connectivity index (χ1v) is 10.9. The molecule has 7 nitrogen and oxygen atoms in total. The molecule has 2 fully saturated rings. The number of piperidine rings is 1. The maximum atomic E-state index is 13.0. The van der Waals surface area contributed by atoms with Crippen LogP contribution in [-0.2, 0) is 14.8 Å². The van der Waals surface area contributed by atoms with Crippen LogP contribution in [0, 0.1) is 0 Å². The molecule has 2 N–H and O–H groups in total. The summed E-state index contributed by atoms with van der Waals surface area (Å²) in [6.07, 6.45) is 2.78. The van der Waals surface area contributed by atoms with E-state index in [-0.39, 0.29) is 35.0 Å². The number of anilines is 1. The van der Waals surface area contributed by atoms with Crippen molar-refractivity contribution >= 4 is 45.8 Å². The van der Waals surface area contributed by atoms with Crippen molar-refractivity contribution in [1.82, 2.24) is 9.62 Å². The molecule has 26 heavy (non-hydrogen) atoms. The van der Waals surface area contributed by atoms with Crippen LogP contribution in [0.15, 0.2) is 23.1 Å². The molecule has 0 bridgehead atoms. The van der Waals surface area contributed by atoms with Crippen LogP contribution >= 0.6 is 24.2 Å². The van der Waals surface area contributed by atoms with Gasteiger partial charge in [0.1, 0.15) is 10.6 Å². The summed E-state index contributed by atoms with van der Waals surface area (Å²) < 4.78 is 32.7. The van der Waals surface area contributed by atoms with E-state index in [0.29, 0.717) is 24.5 Å². The minimum absolute atomic E-state index is 0. The molecule has 2 saturated heterocycles.